The van der Waals surface area contributed by atoms with E-state index in [-0.39, 0.29) is 12.0 Å². The lowest BCUT2D eigenvalue weighted by atomic mass is 10.0. The molecule has 1 amide bonds. The van der Waals surface area contributed by atoms with Crippen molar-refractivity contribution < 1.29 is 9.53 Å². The van der Waals surface area contributed by atoms with Gasteiger partial charge in [-0.15, -0.1) is 0 Å². The standard InChI is InChI=1S/C21H17N5O2/c27-21(18-12-26-7-2-1-6-19(26)25-18)24-11-16-8-14-4-3-5-17(20(14)28-16)15-9-22-13-23-10-15/h1-7,9-10,12-13,16H,8,11H2,(H,24,27)/t16-/m1/s1. The summed E-state index contributed by atoms with van der Waals surface area (Å²) >= 11 is 0. The van der Waals surface area contributed by atoms with Crippen molar-refractivity contribution >= 4 is 11.6 Å². The molecule has 7 nitrogen and oxygen atoms in total. The number of aromatic nitrogens is 4. The first-order valence-corrected chi connectivity index (χ1v) is 9.04. The van der Waals surface area contributed by atoms with E-state index in [1.807, 2.05) is 47.0 Å². The molecule has 0 bridgehead atoms. The van der Waals surface area contributed by atoms with E-state index in [2.05, 4.69) is 20.3 Å². The van der Waals surface area contributed by atoms with Crippen molar-refractivity contribution in [3.8, 4) is 16.9 Å². The molecule has 0 spiro atoms. The molecule has 4 aromatic rings. The highest BCUT2D eigenvalue weighted by atomic mass is 16.5. The minimum atomic E-state index is -0.208. The molecular formula is C21H17N5O2. The highest BCUT2D eigenvalue weighted by Crippen LogP contribution is 2.38. The Labute approximate surface area is 161 Å². The molecule has 0 radical (unpaired) electrons. The molecule has 0 saturated heterocycles. The van der Waals surface area contributed by atoms with Gasteiger partial charge in [-0.1, -0.05) is 24.3 Å². The third-order valence-corrected chi connectivity index (χ3v) is 4.79. The second kappa shape index (κ2) is 6.77. The number of para-hydroxylation sites is 1. The molecule has 1 aromatic carbocycles. The Hall–Kier alpha value is -3.74. The molecule has 1 N–H and O–H groups in total. The Morgan fingerprint density at radius 3 is 2.93 bits per heavy atom. The first-order chi connectivity index (χ1) is 13.8. The van der Waals surface area contributed by atoms with Crippen LogP contribution in [-0.4, -0.2) is 37.9 Å². The fourth-order valence-corrected chi connectivity index (χ4v) is 3.46. The van der Waals surface area contributed by atoms with Crippen molar-refractivity contribution in [2.45, 2.75) is 12.5 Å². The SMILES string of the molecule is O=C(NC[C@H]1Cc2cccc(-c3cncnc3)c2O1)c1cn2ccccc2n1. The van der Waals surface area contributed by atoms with Gasteiger partial charge in [0.15, 0.2) is 0 Å². The lowest BCUT2D eigenvalue weighted by Crippen LogP contribution is -2.34. The van der Waals surface area contributed by atoms with E-state index in [0.29, 0.717) is 12.2 Å². The molecule has 1 aliphatic heterocycles. The number of imidazole rings is 1. The summed E-state index contributed by atoms with van der Waals surface area (Å²) in [5, 5.41) is 2.93. The van der Waals surface area contributed by atoms with Crippen LogP contribution >= 0.6 is 0 Å². The minimum absolute atomic E-state index is 0.123. The molecule has 5 rings (SSSR count). The van der Waals surface area contributed by atoms with E-state index in [1.165, 1.54) is 6.33 Å². The van der Waals surface area contributed by atoms with E-state index in [9.17, 15) is 4.79 Å². The van der Waals surface area contributed by atoms with Crippen molar-refractivity contribution in [1.82, 2.24) is 24.7 Å². The van der Waals surface area contributed by atoms with Gasteiger partial charge in [-0.2, -0.15) is 0 Å². The van der Waals surface area contributed by atoms with Gasteiger partial charge in [-0.3, -0.25) is 4.79 Å². The third-order valence-electron chi connectivity index (χ3n) is 4.79. The van der Waals surface area contributed by atoms with E-state index in [0.717, 1.165) is 34.5 Å². The summed E-state index contributed by atoms with van der Waals surface area (Å²) in [6, 6.07) is 11.7. The van der Waals surface area contributed by atoms with Crippen molar-refractivity contribution in [1.29, 1.82) is 0 Å². The molecule has 7 heteroatoms. The van der Waals surface area contributed by atoms with Crippen LogP contribution in [0.1, 0.15) is 16.1 Å². The number of rotatable bonds is 4. The molecule has 0 saturated carbocycles. The van der Waals surface area contributed by atoms with Crippen molar-refractivity contribution in [2.75, 3.05) is 6.54 Å². The predicted molar refractivity (Wildman–Crippen MR) is 103 cm³/mol. The monoisotopic (exact) mass is 371 g/mol. The number of carbonyl (C=O) groups is 1. The maximum atomic E-state index is 12.5. The normalized spacial score (nSPS) is 15.2. The molecule has 1 aliphatic rings. The van der Waals surface area contributed by atoms with Crippen LogP contribution in [0, 0.1) is 0 Å². The van der Waals surface area contributed by atoms with Gasteiger partial charge in [0, 0.05) is 42.3 Å². The van der Waals surface area contributed by atoms with Crippen molar-refractivity contribution in [3.63, 3.8) is 0 Å². The lowest BCUT2D eigenvalue weighted by molar-refractivity contribution is 0.0929. The molecule has 3 aromatic heterocycles. The Morgan fingerprint density at radius 2 is 2.07 bits per heavy atom. The number of carbonyl (C=O) groups excluding carboxylic acids is 1. The van der Waals surface area contributed by atoms with E-state index < -0.39 is 0 Å². The van der Waals surface area contributed by atoms with Gasteiger partial charge in [0.05, 0.1) is 6.54 Å². The smallest absolute Gasteiger partial charge is 0.271 e. The van der Waals surface area contributed by atoms with Gasteiger partial charge >= 0.3 is 0 Å². The zero-order valence-corrected chi connectivity index (χ0v) is 14.9. The predicted octanol–water partition coefficient (Wildman–Crippen LogP) is 2.52. The number of hydrogen-bond acceptors (Lipinski definition) is 5. The third kappa shape index (κ3) is 2.96. The zero-order chi connectivity index (χ0) is 18.9. The molecular weight excluding hydrogens is 354 g/mol. The summed E-state index contributed by atoms with van der Waals surface area (Å²) in [7, 11) is 0. The van der Waals surface area contributed by atoms with Crippen LogP contribution in [0.15, 0.2) is 67.5 Å². The number of amides is 1. The molecule has 4 heterocycles. The maximum Gasteiger partial charge on any atom is 0.271 e. The van der Waals surface area contributed by atoms with Gasteiger partial charge in [-0.05, 0) is 17.7 Å². The number of nitrogens with zero attached hydrogens (tertiary/aromatic N) is 4. The lowest BCUT2D eigenvalue weighted by Gasteiger charge is -2.13. The van der Waals surface area contributed by atoms with Crippen LogP contribution in [0.2, 0.25) is 0 Å². The minimum Gasteiger partial charge on any atom is -0.487 e. The maximum absolute atomic E-state index is 12.5. The highest BCUT2D eigenvalue weighted by molar-refractivity contribution is 5.92. The van der Waals surface area contributed by atoms with Crippen LogP contribution in [0.3, 0.4) is 0 Å². The second-order valence-corrected chi connectivity index (χ2v) is 6.67. The summed E-state index contributed by atoms with van der Waals surface area (Å²) in [6.45, 7) is 0.409. The van der Waals surface area contributed by atoms with E-state index >= 15 is 0 Å². The van der Waals surface area contributed by atoms with E-state index in [4.69, 9.17) is 4.74 Å². The number of fused-ring (bicyclic) bond motifs is 2. The van der Waals surface area contributed by atoms with Gasteiger partial charge < -0.3 is 14.5 Å². The molecule has 0 aliphatic carbocycles. The Balaban J connectivity index is 1.29. The quantitative estimate of drug-likeness (QED) is 0.596. The number of ether oxygens (including phenoxy) is 1. The largest absolute Gasteiger partial charge is 0.487 e. The number of nitrogens with one attached hydrogen (secondary N) is 1. The Bertz CT molecular complexity index is 1120. The fourth-order valence-electron chi connectivity index (χ4n) is 3.46. The van der Waals surface area contributed by atoms with Crippen LogP contribution in [0.25, 0.3) is 16.8 Å². The summed E-state index contributed by atoms with van der Waals surface area (Å²) in [4.78, 5) is 25.0. The molecule has 28 heavy (non-hydrogen) atoms. The summed E-state index contributed by atoms with van der Waals surface area (Å²) in [5.74, 6) is 0.629. The van der Waals surface area contributed by atoms with Crippen LogP contribution in [0.5, 0.6) is 5.75 Å². The Kier molecular flexibility index (Phi) is 3.97. The average molecular weight is 371 g/mol. The summed E-state index contributed by atoms with van der Waals surface area (Å²) in [6.07, 6.45) is 9.25. The van der Waals surface area contributed by atoms with Gasteiger partial charge in [-0.25, -0.2) is 15.0 Å². The highest BCUT2D eigenvalue weighted by Gasteiger charge is 2.26. The van der Waals surface area contributed by atoms with Gasteiger partial charge in [0.1, 0.15) is 29.5 Å². The Morgan fingerprint density at radius 1 is 1.18 bits per heavy atom. The van der Waals surface area contributed by atoms with Crippen LogP contribution in [-0.2, 0) is 6.42 Å². The molecule has 1 atom stereocenters. The van der Waals surface area contributed by atoms with Crippen molar-refractivity contribution in [2.24, 2.45) is 0 Å². The molecule has 0 unspecified atom stereocenters. The fraction of sp³-hybridized carbons (Fsp3) is 0.143. The topological polar surface area (TPSA) is 81.4 Å². The van der Waals surface area contributed by atoms with Gasteiger partial charge in [0.25, 0.3) is 5.91 Å². The average Bonchev–Trinajstić information content (AvgIpc) is 3.36. The number of hydrogen-bond donors (Lipinski definition) is 1. The molecule has 0 fully saturated rings. The van der Waals surface area contributed by atoms with Crippen LogP contribution in [0.4, 0.5) is 0 Å². The van der Waals surface area contributed by atoms with E-state index in [1.54, 1.807) is 18.6 Å². The van der Waals surface area contributed by atoms with Crippen molar-refractivity contribution in [3.05, 3.63) is 78.8 Å². The summed E-state index contributed by atoms with van der Waals surface area (Å²) in [5.41, 5.74) is 4.13. The second-order valence-electron chi connectivity index (χ2n) is 6.67. The first kappa shape index (κ1) is 16.4. The number of pyridine rings is 1. The first-order valence-electron chi connectivity index (χ1n) is 9.04. The van der Waals surface area contributed by atoms with Gasteiger partial charge in [0.2, 0.25) is 0 Å². The summed E-state index contributed by atoms with van der Waals surface area (Å²) < 4.78 is 7.97. The number of benzene rings is 1. The molecule has 138 valence electrons. The van der Waals surface area contributed by atoms with Crippen LogP contribution < -0.4 is 10.1 Å². The zero-order valence-electron chi connectivity index (χ0n) is 14.9.